The molecule has 11 aromatic heterocycles. The number of benzene rings is 17. The molecule has 0 radical (unpaired) electrons. The predicted octanol–water partition coefficient (Wildman–Crippen LogP) is 30.3. The van der Waals surface area contributed by atoms with Gasteiger partial charge in [-0.25, -0.2) is 32.5 Å². The summed E-state index contributed by atoms with van der Waals surface area (Å²) in [5.74, 6) is 0.619. The Labute approximate surface area is 763 Å². The highest BCUT2D eigenvalue weighted by Gasteiger charge is 2.22. The normalized spacial score (nSPS) is 11.6. The third kappa shape index (κ3) is 14.3. The molecular formula is C121H78N12. The van der Waals surface area contributed by atoms with Crippen LogP contribution in [0.4, 0.5) is 0 Å². The van der Waals surface area contributed by atoms with E-state index in [9.17, 15) is 0 Å². The van der Waals surface area contributed by atoms with Crippen molar-refractivity contribution >= 4 is 136 Å². The maximum Gasteiger partial charge on any atom is 0.181 e. The molecule has 0 aliphatic carbocycles. The molecule has 0 amide bonds. The van der Waals surface area contributed by atoms with Crippen LogP contribution in [-0.2, 0) is 0 Å². The van der Waals surface area contributed by atoms with Crippen LogP contribution < -0.4 is 0 Å². The summed E-state index contributed by atoms with van der Waals surface area (Å²) in [6.45, 7) is 0. The molecule has 0 spiro atoms. The van der Waals surface area contributed by atoms with Crippen LogP contribution in [0.2, 0.25) is 0 Å². The maximum atomic E-state index is 5.17. The van der Waals surface area contributed by atoms with E-state index >= 15 is 0 Å². The fourth-order valence-electron chi connectivity index (χ4n) is 19.1. The first-order chi connectivity index (χ1) is 65.8. The molecule has 0 saturated heterocycles. The van der Waals surface area contributed by atoms with Crippen LogP contribution in [0, 0.1) is 0 Å². The number of nitrogens with zero attached hydrogens (tertiary/aromatic N) is 12. The number of hydrogen-bond donors (Lipinski definition) is 0. The lowest BCUT2D eigenvalue weighted by atomic mass is 9.87. The molecule has 28 rings (SSSR count). The van der Waals surface area contributed by atoms with Crippen molar-refractivity contribution in [1.82, 2.24) is 58.0 Å². The summed E-state index contributed by atoms with van der Waals surface area (Å²) in [6.07, 6.45) is 2.05. The third-order valence-corrected chi connectivity index (χ3v) is 25.7. The molecule has 12 heteroatoms. The number of para-hydroxylation sites is 4. The van der Waals surface area contributed by atoms with E-state index in [1.54, 1.807) is 0 Å². The van der Waals surface area contributed by atoms with E-state index in [2.05, 4.69) is 403 Å². The molecule has 11 heterocycles. The van der Waals surface area contributed by atoms with Crippen LogP contribution >= 0.6 is 0 Å². The van der Waals surface area contributed by atoms with Crippen molar-refractivity contribution in [2.45, 2.75) is 0 Å². The lowest BCUT2D eigenvalue weighted by Gasteiger charge is -2.16. The van der Waals surface area contributed by atoms with E-state index in [0.29, 0.717) is 5.82 Å². The molecule has 0 bridgehead atoms. The second kappa shape index (κ2) is 32.6. The Hall–Kier alpha value is -18.1. The van der Waals surface area contributed by atoms with Gasteiger partial charge in [-0.15, -0.1) is 0 Å². The van der Waals surface area contributed by atoms with Crippen LogP contribution in [0.3, 0.4) is 0 Å². The van der Waals surface area contributed by atoms with Crippen LogP contribution in [0.25, 0.3) is 237 Å². The van der Waals surface area contributed by atoms with Crippen LogP contribution in [0.15, 0.2) is 473 Å². The number of aromatic nitrogens is 12. The average molecular weight is 1700 g/mol. The van der Waals surface area contributed by atoms with Gasteiger partial charge >= 0.3 is 0 Å². The van der Waals surface area contributed by atoms with Gasteiger partial charge in [0.15, 0.2) is 5.82 Å². The van der Waals surface area contributed by atoms with E-state index in [-0.39, 0.29) is 0 Å². The molecule has 0 aliphatic heterocycles. The zero-order valence-electron chi connectivity index (χ0n) is 71.9. The summed E-state index contributed by atoms with van der Waals surface area (Å²) in [6, 6.07) is 164. The molecule has 0 aliphatic rings. The Bertz CT molecular complexity index is 9240. The van der Waals surface area contributed by atoms with Gasteiger partial charge in [-0.2, -0.15) is 25.5 Å². The van der Waals surface area contributed by atoms with Crippen molar-refractivity contribution in [3.63, 3.8) is 0 Å². The van der Waals surface area contributed by atoms with Crippen LogP contribution in [-0.4, -0.2) is 58.0 Å². The Morgan fingerprint density at radius 2 is 0.481 bits per heavy atom. The van der Waals surface area contributed by atoms with Gasteiger partial charge in [0.1, 0.15) is 5.69 Å². The van der Waals surface area contributed by atoms with Crippen LogP contribution in [0.1, 0.15) is 0 Å². The third-order valence-electron chi connectivity index (χ3n) is 25.7. The van der Waals surface area contributed by atoms with Gasteiger partial charge in [0.2, 0.25) is 0 Å². The molecule has 0 atom stereocenters. The standard InChI is InChI=1S/C37H24N2.C35H22N2.C27H18N4.C22H14N4/c1-3-10-28-19-30(15-13-25(28)7-1)32-21-33(31-16-14-26-8-2-4-11-29(26)20-31)23-34(22-32)36-24-35-18-17-27-9-5-6-12-37(27)39(35)38-36;1-2-11-25-21-26(18-17-23(25)9-1)34-28-12-4-6-14-30(28)35(31-15-7-5-13-29(31)34)32-22-27-20-19-24-10-3-8-16-33(24)37(27)36-32;1-3-9-19(10-4-1)23-18-24(20-11-5-2-6-12-20)29-27(28-23)25-17-22-16-15-21-13-7-8-14-26(21)31(22)30-25;1-4-8-21-15(5-1)9-11-17-13-20(24-26(17)21)16-10-12-22-18-6-2-3-7-19(18)23-25(22)14-16/h1-24H;1-22H;1-18H;1-14H. The molecule has 28 aromatic rings. The summed E-state index contributed by atoms with van der Waals surface area (Å²) >= 11 is 0. The summed E-state index contributed by atoms with van der Waals surface area (Å²) in [5, 5.41) is 43.0. The van der Waals surface area contributed by atoms with E-state index < -0.39 is 0 Å². The van der Waals surface area contributed by atoms with Gasteiger partial charge in [0.25, 0.3) is 0 Å². The molecular weight excluding hydrogens is 1620 g/mol. The minimum absolute atomic E-state index is 0.619. The van der Waals surface area contributed by atoms with E-state index in [1.807, 2.05) is 98.5 Å². The molecule has 0 N–H and O–H groups in total. The SMILES string of the molecule is c1ccc(-c2cc(-c3ccccc3)nc(-c3cc4ccc5ccccc5n4n3)n2)cc1.c1ccc2c(c1)ccc1cc(-c3ccc4c5ccccc5nn4c3)nn12.c1ccc2cc(-c3c4ccccc4c(-c4cc5ccc6ccccc6n5n4)c4ccccc34)ccc2c1.c1ccc2cc(-c3cc(-c4ccc5ccccc5c4)cc(-c4cc5ccc6ccccc6n5n4)c3)ccc2c1. The fraction of sp³-hybridized carbons (Fsp3) is 0. The molecule has 622 valence electrons. The first kappa shape index (κ1) is 77.2. The number of pyridine rings is 5. The Kier molecular flexibility index (Phi) is 18.9. The smallest absolute Gasteiger partial charge is 0.181 e. The molecule has 0 fully saturated rings. The van der Waals surface area contributed by atoms with Crippen molar-refractivity contribution in [2.24, 2.45) is 0 Å². The molecule has 133 heavy (non-hydrogen) atoms. The summed E-state index contributed by atoms with van der Waals surface area (Å²) < 4.78 is 10.1. The lowest BCUT2D eigenvalue weighted by Crippen LogP contribution is -1.97. The molecule has 0 saturated carbocycles. The highest BCUT2D eigenvalue weighted by Crippen LogP contribution is 2.45. The van der Waals surface area contributed by atoms with E-state index in [4.69, 9.17) is 30.4 Å². The Balaban J connectivity index is 0.0000000960. The predicted molar refractivity (Wildman–Crippen MR) is 549 cm³/mol. The van der Waals surface area contributed by atoms with Gasteiger partial charge in [-0.1, -0.05) is 334 Å². The van der Waals surface area contributed by atoms with Gasteiger partial charge in [0.05, 0.1) is 83.6 Å². The minimum atomic E-state index is 0.619. The van der Waals surface area contributed by atoms with Gasteiger partial charge in [-0.05, 0) is 221 Å². The number of fused-ring (bicyclic) bond motifs is 20. The fourth-order valence-corrected chi connectivity index (χ4v) is 19.1. The summed E-state index contributed by atoms with van der Waals surface area (Å²) in [7, 11) is 0. The minimum Gasteiger partial charge on any atom is -0.239 e. The van der Waals surface area contributed by atoms with Crippen LogP contribution in [0.5, 0.6) is 0 Å². The van der Waals surface area contributed by atoms with Crippen molar-refractivity contribution in [1.29, 1.82) is 0 Å². The number of hydrogen-bond acceptors (Lipinski definition) is 7. The van der Waals surface area contributed by atoms with Gasteiger partial charge in [-0.3, -0.25) is 0 Å². The average Bonchev–Trinajstić information content (AvgIpc) is 1.71. The maximum absolute atomic E-state index is 5.17. The zero-order chi connectivity index (χ0) is 87.8. The second-order valence-corrected chi connectivity index (χ2v) is 33.8. The zero-order valence-corrected chi connectivity index (χ0v) is 71.9. The quantitative estimate of drug-likeness (QED) is 0.132. The first-order valence-corrected chi connectivity index (χ1v) is 44.8. The lowest BCUT2D eigenvalue weighted by molar-refractivity contribution is 0.974. The summed E-state index contributed by atoms with van der Waals surface area (Å²) in [4.78, 5) is 9.78. The van der Waals surface area contributed by atoms with E-state index in [1.165, 1.54) is 114 Å². The Morgan fingerprint density at radius 3 is 0.940 bits per heavy atom. The highest BCUT2D eigenvalue weighted by molar-refractivity contribution is 6.22. The molecule has 12 nitrogen and oxygen atoms in total. The highest BCUT2D eigenvalue weighted by atomic mass is 15.3. The summed E-state index contributed by atoms with van der Waals surface area (Å²) in [5.41, 5.74) is 29.0. The van der Waals surface area contributed by atoms with Crippen molar-refractivity contribution in [3.8, 4) is 101 Å². The largest absolute Gasteiger partial charge is 0.239 e. The first-order valence-electron chi connectivity index (χ1n) is 44.8. The van der Waals surface area contributed by atoms with Crippen molar-refractivity contribution in [3.05, 3.63) is 473 Å². The second-order valence-electron chi connectivity index (χ2n) is 33.8. The van der Waals surface area contributed by atoms with Gasteiger partial charge < -0.3 is 0 Å². The monoisotopic (exact) mass is 1700 g/mol. The van der Waals surface area contributed by atoms with Gasteiger partial charge in [0, 0.05) is 60.9 Å². The van der Waals surface area contributed by atoms with Crippen molar-refractivity contribution < 1.29 is 0 Å². The topological polar surface area (TPSA) is 112 Å². The van der Waals surface area contributed by atoms with E-state index in [0.717, 1.165) is 117 Å². The molecule has 17 aromatic carbocycles. The van der Waals surface area contributed by atoms with Crippen molar-refractivity contribution in [2.75, 3.05) is 0 Å². The Morgan fingerprint density at radius 1 is 0.158 bits per heavy atom. The molecule has 0 unspecified atom stereocenters. The number of rotatable bonds is 9.